The maximum absolute atomic E-state index is 13.3. The molecule has 0 radical (unpaired) electrons. The molecule has 0 aromatic rings. The lowest BCUT2D eigenvalue weighted by molar-refractivity contribution is -0.151. The van der Waals surface area contributed by atoms with Crippen molar-refractivity contribution in [2.45, 2.75) is 89.4 Å². The number of amides is 1. The minimum Gasteiger partial charge on any atom is -0.480 e. The van der Waals surface area contributed by atoms with Crippen LogP contribution in [0.1, 0.15) is 65.2 Å². The van der Waals surface area contributed by atoms with Gasteiger partial charge in [0.15, 0.2) is 0 Å². The predicted molar refractivity (Wildman–Crippen MR) is 113 cm³/mol. The van der Waals surface area contributed by atoms with Gasteiger partial charge in [0, 0.05) is 6.04 Å². The summed E-state index contributed by atoms with van der Waals surface area (Å²) in [4.78, 5) is 39.1. The molecule has 1 saturated heterocycles. The van der Waals surface area contributed by atoms with Gasteiger partial charge in [-0.3, -0.25) is 14.9 Å². The molecule has 166 valence electrons. The molecule has 5 unspecified atom stereocenters. The van der Waals surface area contributed by atoms with E-state index in [1.165, 1.54) is 5.57 Å². The molecule has 0 aromatic carbocycles. The molecular formula is C23H34N2O5. The number of rotatable bonds is 9. The van der Waals surface area contributed by atoms with Crippen LogP contribution in [-0.2, 0) is 19.1 Å². The number of carbonyl (C=O) groups excluding carboxylic acids is 2. The molecule has 0 spiro atoms. The number of allylic oxidation sites excluding steroid dienone is 4. The Kier molecular flexibility index (Phi) is 7.69. The second-order valence-electron chi connectivity index (χ2n) is 8.58. The zero-order valence-electron chi connectivity index (χ0n) is 18.0. The van der Waals surface area contributed by atoms with Crippen LogP contribution < -0.4 is 5.32 Å². The fraction of sp³-hybridized carbons (Fsp3) is 0.696. The van der Waals surface area contributed by atoms with Crippen LogP contribution in [0, 0.1) is 5.92 Å². The average Bonchev–Trinajstić information content (AvgIpc) is 3.32. The van der Waals surface area contributed by atoms with Crippen molar-refractivity contribution >= 4 is 17.8 Å². The Bertz CT molecular complexity index is 716. The first-order chi connectivity index (χ1) is 14.4. The molecule has 1 saturated carbocycles. The smallest absolute Gasteiger partial charge is 0.326 e. The molecule has 5 atom stereocenters. The Morgan fingerprint density at radius 1 is 1.30 bits per heavy atom. The van der Waals surface area contributed by atoms with Gasteiger partial charge in [-0.05, 0) is 64.7 Å². The number of likely N-dealkylation sites (tertiary alicyclic amines) is 1. The third-order valence-electron chi connectivity index (χ3n) is 6.56. The Hall–Kier alpha value is -2.15. The van der Waals surface area contributed by atoms with Gasteiger partial charge in [-0.25, -0.2) is 4.79 Å². The number of nitrogens with one attached hydrogen (secondary N) is 1. The van der Waals surface area contributed by atoms with Crippen molar-refractivity contribution in [2.75, 3.05) is 6.61 Å². The molecule has 3 aliphatic rings. The fourth-order valence-electron chi connectivity index (χ4n) is 5.10. The number of carboxylic acid groups (broad SMARTS) is 1. The molecule has 1 amide bonds. The number of hydrogen-bond acceptors (Lipinski definition) is 5. The molecule has 0 bridgehead atoms. The summed E-state index contributed by atoms with van der Waals surface area (Å²) >= 11 is 0. The average molecular weight is 419 g/mol. The van der Waals surface area contributed by atoms with Gasteiger partial charge in [0.1, 0.15) is 12.1 Å². The van der Waals surface area contributed by atoms with E-state index in [2.05, 4.69) is 23.5 Å². The summed E-state index contributed by atoms with van der Waals surface area (Å²) < 4.78 is 5.22. The number of fused-ring (bicyclic) bond motifs is 1. The summed E-state index contributed by atoms with van der Waals surface area (Å²) in [7, 11) is 0. The summed E-state index contributed by atoms with van der Waals surface area (Å²) in [6, 6.07) is -2.03. The molecule has 2 fully saturated rings. The summed E-state index contributed by atoms with van der Waals surface area (Å²) in [5.74, 6) is -1.27. The molecule has 30 heavy (non-hydrogen) atoms. The van der Waals surface area contributed by atoms with E-state index in [4.69, 9.17) is 4.74 Å². The monoisotopic (exact) mass is 418 g/mol. The first-order valence-corrected chi connectivity index (χ1v) is 11.3. The third-order valence-corrected chi connectivity index (χ3v) is 6.56. The maximum Gasteiger partial charge on any atom is 0.326 e. The Labute approximate surface area is 178 Å². The van der Waals surface area contributed by atoms with E-state index in [1.54, 1.807) is 18.7 Å². The quantitative estimate of drug-likeness (QED) is 0.559. The predicted octanol–water partition coefficient (Wildman–Crippen LogP) is 2.81. The van der Waals surface area contributed by atoms with E-state index >= 15 is 0 Å². The van der Waals surface area contributed by atoms with Gasteiger partial charge in [0.05, 0.1) is 12.6 Å². The van der Waals surface area contributed by atoms with E-state index in [0.29, 0.717) is 12.8 Å². The summed E-state index contributed by atoms with van der Waals surface area (Å²) in [5, 5.41) is 12.8. The molecule has 7 nitrogen and oxygen atoms in total. The lowest BCUT2D eigenvalue weighted by atomic mass is 9.99. The van der Waals surface area contributed by atoms with Crippen molar-refractivity contribution in [1.29, 1.82) is 0 Å². The van der Waals surface area contributed by atoms with Crippen LogP contribution in [0.2, 0.25) is 0 Å². The van der Waals surface area contributed by atoms with Gasteiger partial charge in [0.2, 0.25) is 5.91 Å². The highest BCUT2D eigenvalue weighted by Gasteiger charge is 2.49. The van der Waals surface area contributed by atoms with Crippen molar-refractivity contribution in [2.24, 2.45) is 5.92 Å². The highest BCUT2D eigenvalue weighted by Crippen LogP contribution is 2.41. The minimum atomic E-state index is -0.942. The number of carbonyl (C=O) groups is 3. The van der Waals surface area contributed by atoms with Crippen molar-refractivity contribution in [3.8, 4) is 0 Å². The third kappa shape index (κ3) is 5.12. The topological polar surface area (TPSA) is 95.9 Å². The fourth-order valence-corrected chi connectivity index (χ4v) is 5.10. The molecule has 1 heterocycles. The number of nitrogens with zero attached hydrogens (tertiary/aromatic N) is 1. The van der Waals surface area contributed by atoms with Gasteiger partial charge in [-0.2, -0.15) is 0 Å². The van der Waals surface area contributed by atoms with Crippen LogP contribution in [-0.4, -0.2) is 58.6 Å². The molecule has 2 N–H and O–H groups in total. The molecule has 0 aromatic heterocycles. The maximum atomic E-state index is 13.3. The number of esters is 1. The van der Waals surface area contributed by atoms with Crippen molar-refractivity contribution < 1.29 is 24.2 Å². The minimum absolute atomic E-state index is 0.00132. The first-order valence-electron chi connectivity index (χ1n) is 11.3. The van der Waals surface area contributed by atoms with Gasteiger partial charge >= 0.3 is 11.9 Å². The van der Waals surface area contributed by atoms with Crippen LogP contribution in [0.3, 0.4) is 0 Å². The molecule has 7 heteroatoms. The highest BCUT2D eigenvalue weighted by atomic mass is 16.5. The van der Waals surface area contributed by atoms with Crippen LogP contribution >= 0.6 is 0 Å². The SMILES string of the molecule is CCOC(=O)C(CCC1=CCCC=C1)NC(C)C(=O)N1C(C(=O)O)CC2CCCC21. The summed E-state index contributed by atoms with van der Waals surface area (Å²) in [6.07, 6.45) is 13.1. The number of hydrogen-bond donors (Lipinski definition) is 2. The Morgan fingerprint density at radius 3 is 2.77 bits per heavy atom. The van der Waals surface area contributed by atoms with Crippen molar-refractivity contribution in [3.05, 3.63) is 23.8 Å². The van der Waals surface area contributed by atoms with Crippen LogP contribution in [0.25, 0.3) is 0 Å². The molecule has 3 rings (SSSR count). The summed E-state index contributed by atoms with van der Waals surface area (Å²) in [5.41, 5.74) is 1.19. The lowest BCUT2D eigenvalue weighted by Crippen LogP contribution is -2.55. The standard InChI is InChI=1S/C23H34N2O5/c1-3-30-23(29)18(13-12-16-8-5-4-6-9-16)24-15(2)21(26)25-19-11-7-10-17(19)14-20(25)22(27)28/h5,8-9,15,17-20,24H,3-4,6-7,10-14H2,1-2H3,(H,27,28). The normalized spacial score (nSPS) is 27.3. The Balaban J connectivity index is 1.67. The second kappa shape index (κ2) is 10.2. The van der Waals surface area contributed by atoms with Gasteiger partial charge in [0.25, 0.3) is 0 Å². The molecular weight excluding hydrogens is 384 g/mol. The van der Waals surface area contributed by atoms with E-state index in [-0.39, 0.29) is 30.4 Å². The van der Waals surface area contributed by atoms with E-state index in [9.17, 15) is 19.5 Å². The number of ether oxygens (including phenoxy) is 1. The van der Waals surface area contributed by atoms with E-state index < -0.39 is 24.1 Å². The second-order valence-corrected chi connectivity index (χ2v) is 8.58. The Morgan fingerprint density at radius 2 is 2.10 bits per heavy atom. The van der Waals surface area contributed by atoms with Gasteiger partial charge in [-0.15, -0.1) is 0 Å². The van der Waals surface area contributed by atoms with Crippen molar-refractivity contribution in [3.63, 3.8) is 0 Å². The van der Waals surface area contributed by atoms with Crippen molar-refractivity contribution in [1.82, 2.24) is 10.2 Å². The lowest BCUT2D eigenvalue weighted by Gasteiger charge is -2.32. The van der Waals surface area contributed by atoms with Crippen LogP contribution in [0.15, 0.2) is 23.8 Å². The van der Waals surface area contributed by atoms with Gasteiger partial charge in [-0.1, -0.05) is 30.2 Å². The molecule has 2 aliphatic carbocycles. The largest absolute Gasteiger partial charge is 0.480 e. The van der Waals surface area contributed by atoms with Crippen LogP contribution in [0.4, 0.5) is 0 Å². The molecule has 1 aliphatic heterocycles. The van der Waals surface area contributed by atoms with Gasteiger partial charge < -0.3 is 14.7 Å². The van der Waals surface area contributed by atoms with Crippen LogP contribution in [0.5, 0.6) is 0 Å². The summed E-state index contributed by atoms with van der Waals surface area (Å²) in [6.45, 7) is 3.76. The number of carboxylic acids is 1. The zero-order valence-corrected chi connectivity index (χ0v) is 18.0. The van der Waals surface area contributed by atoms with E-state index in [1.807, 2.05) is 0 Å². The first kappa shape index (κ1) is 22.5. The van der Waals surface area contributed by atoms with E-state index in [0.717, 1.165) is 38.5 Å². The highest BCUT2D eigenvalue weighted by molar-refractivity contribution is 5.88. The zero-order chi connectivity index (χ0) is 21.7. The number of aliphatic carboxylic acids is 1.